The molecule has 22 heavy (non-hydrogen) atoms. The number of ether oxygens (including phenoxy) is 2. The van der Waals surface area contributed by atoms with Gasteiger partial charge in [0, 0.05) is 25.7 Å². The Balaban J connectivity index is 1.42. The van der Waals surface area contributed by atoms with Crippen molar-refractivity contribution in [2.24, 2.45) is 17.6 Å². The fourth-order valence-corrected chi connectivity index (χ4v) is 3.88. The molecule has 0 aromatic heterocycles. The molecule has 4 heteroatoms. The third-order valence-corrected chi connectivity index (χ3v) is 5.04. The summed E-state index contributed by atoms with van der Waals surface area (Å²) in [5.41, 5.74) is 6.27. The van der Waals surface area contributed by atoms with Gasteiger partial charge in [-0.25, -0.2) is 0 Å². The van der Waals surface area contributed by atoms with Crippen molar-refractivity contribution in [2.75, 3.05) is 32.8 Å². The molecule has 1 saturated carbocycles. The van der Waals surface area contributed by atoms with E-state index in [0.717, 1.165) is 37.1 Å². The summed E-state index contributed by atoms with van der Waals surface area (Å²) in [6.45, 7) is 6.77. The van der Waals surface area contributed by atoms with E-state index in [4.69, 9.17) is 15.2 Å². The van der Waals surface area contributed by atoms with Gasteiger partial charge in [0.05, 0.1) is 6.61 Å². The lowest BCUT2D eigenvalue weighted by Crippen LogP contribution is -2.38. The molecule has 122 valence electrons. The molecule has 1 heterocycles. The van der Waals surface area contributed by atoms with Gasteiger partial charge in [-0.05, 0) is 55.9 Å². The second-order valence-corrected chi connectivity index (χ2v) is 6.53. The smallest absolute Gasteiger partial charge is 0.119 e. The van der Waals surface area contributed by atoms with Crippen molar-refractivity contribution in [3.05, 3.63) is 24.3 Å². The van der Waals surface area contributed by atoms with E-state index in [-0.39, 0.29) is 0 Å². The van der Waals surface area contributed by atoms with E-state index in [0.29, 0.717) is 18.6 Å². The average molecular weight is 304 g/mol. The highest BCUT2D eigenvalue weighted by Crippen LogP contribution is 2.35. The largest absolute Gasteiger partial charge is 0.494 e. The molecule has 3 rings (SSSR count). The van der Waals surface area contributed by atoms with E-state index < -0.39 is 0 Å². The number of rotatable bonds is 6. The monoisotopic (exact) mass is 304 g/mol. The van der Waals surface area contributed by atoms with Gasteiger partial charge >= 0.3 is 0 Å². The van der Waals surface area contributed by atoms with Crippen molar-refractivity contribution in [1.82, 2.24) is 4.90 Å². The lowest BCUT2D eigenvalue weighted by atomic mass is 9.78. The van der Waals surface area contributed by atoms with Crippen LogP contribution in [0.2, 0.25) is 0 Å². The minimum absolute atomic E-state index is 0.413. The van der Waals surface area contributed by atoms with Crippen molar-refractivity contribution >= 4 is 0 Å². The molecule has 2 N–H and O–H groups in total. The lowest BCUT2D eigenvalue weighted by molar-refractivity contribution is 0.229. The first-order valence-corrected chi connectivity index (χ1v) is 8.60. The van der Waals surface area contributed by atoms with Crippen LogP contribution in [0.25, 0.3) is 0 Å². The van der Waals surface area contributed by atoms with Gasteiger partial charge in [0.15, 0.2) is 0 Å². The average Bonchev–Trinajstić information content (AvgIpc) is 2.94. The molecule has 2 aliphatic rings. The molecule has 0 amide bonds. The molecule has 4 nitrogen and oxygen atoms in total. The molecular weight excluding hydrogens is 276 g/mol. The first-order chi connectivity index (χ1) is 10.8. The summed E-state index contributed by atoms with van der Waals surface area (Å²) in [6, 6.07) is 8.29. The molecule has 3 unspecified atom stereocenters. The minimum atomic E-state index is 0.413. The summed E-state index contributed by atoms with van der Waals surface area (Å²) in [7, 11) is 0. The fraction of sp³-hybridized carbons (Fsp3) is 0.667. The predicted octanol–water partition coefficient (Wildman–Crippen LogP) is 2.52. The highest BCUT2D eigenvalue weighted by molar-refractivity contribution is 5.31. The molecule has 0 spiro atoms. The lowest BCUT2D eigenvalue weighted by Gasteiger charge is -2.29. The number of fused-ring (bicyclic) bond motifs is 1. The second kappa shape index (κ2) is 7.34. The maximum Gasteiger partial charge on any atom is 0.119 e. The Morgan fingerprint density at radius 1 is 1.09 bits per heavy atom. The number of nitrogens with two attached hydrogens (primary N) is 1. The van der Waals surface area contributed by atoms with Crippen LogP contribution in [0.3, 0.4) is 0 Å². The van der Waals surface area contributed by atoms with Gasteiger partial charge in [-0.15, -0.1) is 0 Å². The zero-order chi connectivity index (χ0) is 15.4. The van der Waals surface area contributed by atoms with Crippen molar-refractivity contribution in [2.45, 2.75) is 32.2 Å². The Morgan fingerprint density at radius 2 is 1.82 bits per heavy atom. The number of likely N-dealkylation sites (tertiary alicyclic amines) is 1. The Kier molecular flexibility index (Phi) is 5.21. The highest BCUT2D eigenvalue weighted by atomic mass is 16.5. The summed E-state index contributed by atoms with van der Waals surface area (Å²) >= 11 is 0. The van der Waals surface area contributed by atoms with Gasteiger partial charge in [-0.3, -0.25) is 4.90 Å². The fourth-order valence-electron chi connectivity index (χ4n) is 3.88. The topological polar surface area (TPSA) is 47.7 Å². The maximum absolute atomic E-state index is 6.27. The zero-order valence-electron chi connectivity index (χ0n) is 13.5. The van der Waals surface area contributed by atoms with E-state index >= 15 is 0 Å². The van der Waals surface area contributed by atoms with E-state index in [1.807, 2.05) is 31.2 Å². The molecule has 2 fully saturated rings. The van der Waals surface area contributed by atoms with Crippen LogP contribution in [-0.2, 0) is 0 Å². The molecule has 0 bridgehead atoms. The predicted molar refractivity (Wildman–Crippen MR) is 88.4 cm³/mol. The standard InChI is InChI=1S/C18H28N2O2/c1-2-21-15-6-8-16(9-7-15)22-11-10-20-12-14-4-3-5-18(19)17(14)13-20/h6-9,14,17-18H,2-5,10-13,19H2,1H3. The Morgan fingerprint density at radius 3 is 2.50 bits per heavy atom. The SMILES string of the molecule is CCOc1ccc(OCCN2CC3CCCC(N)C3C2)cc1. The van der Waals surface area contributed by atoms with Crippen molar-refractivity contribution < 1.29 is 9.47 Å². The number of hydrogen-bond donors (Lipinski definition) is 1. The molecule has 1 saturated heterocycles. The normalized spacial score (nSPS) is 28.4. The number of benzene rings is 1. The molecular formula is C18H28N2O2. The van der Waals surface area contributed by atoms with E-state index in [1.54, 1.807) is 0 Å². The van der Waals surface area contributed by atoms with Gasteiger partial charge in [0.1, 0.15) is 18.1 Å². The first-order valence-electron chi connectivity index (χ1n) is 8.60. The van der Waals surface area contributed by atoms with E-state index in [2.05, 4.69) is 4.90 Å². The van der Waals surface area contributed by atoms with Crippen molar-refractivity contribution in [3.63, 3.8) is 0 Å². The van der Waals surface area contributed by atoms with Crippen LogP contribution in [0.4, 0.5) is 0 Å². The second-order valence-electron chi connectivity index (χ2n) is 6.53. The van der Waals surface area contributed by atoms with Crippen LogP contribution < -0.4 is 15.2 Å². The number of nitrogens with zero attached hydrogens (tertiary/aromatic N) is 1. The van der Waals surface area contributed by atoms with Crippen LogP contribution in [0.1, 0.15) is 26.2 Å². The summed E-state index contributed by atoms with van der Waals surface area (Å²) in [5, 5.41) is 0. The Bertz CT molecular complexity index is 463. The van der Waals surface area contributed by atoms with Gasteiger partial charge in [0.2, 0.25) is 0 Å². The van der Waals surface area contributed by atoms with Gasteiger partial charge < -0.3 is 15.2 Å². The molecule has 1 aromatic rings. The van der Waals surface area contributed by atoms with E-state index in [9.17, 15) is 0 Å². The Hall–Kier alpha value is -1.26. The summed E-state index contributed by atoms with van der Waals surface area (Å²) in [6.07, 6.45) is 3.87. The summed E-state index contributed by atoms with van der Waals surface area (Å²) in [5.74, 6) is 3.33. The number of hydrogen-bond acceptors (Lipinski definition) is 4. The zero-order valence-corrected chi connectivity index (χ0v) is 13.5. The molecule has 0 radical (unpaired) electrons. The molecule has 3 atom stereocenters. The van der Waals surface area contributed by atoms with Gasteiger partial charge in [0.25, 0.3) is 0 Å². The van der Waals surface area contributed by atoms with E-state index in [1.165, 1.54) is 25.8 Å². The molecule has 1 aromatic carbocycles. The molecule has 1 aliphatic carbocycles. The third kappa shape index (κ3) is 3.73. The van der Waals surface area contributed by atoms with Gasteiger partial charge in [-0.2, -0.15) is 0 Å². The van der Waals surface area contributed by atoms with Gasteiger partial charge in [-0.1, -0.05) is 6.42 Å². The quantitative estimate of drug-likeness (QED) is 0.877. The van der Waals surface area contributed by atoms with Crippen LogP contribution in [-0.4, -0.2) is 43.8 Å². The van der Waals surface area contributed by atoms with Crippen LogP contribution in [0.5, 0.6) is 11.5 Å². The van der Waals surface area contributed by atoms with Crippen LogP contribution in [0, 0.1) is 11.8 Å². The third-order valence-electron chi connectivity index (χ3n) is 5.04. The van der Waals surface area contributed by atoms with Crippen LogP contribution >= 0.6 is 0 Å². The summed E-state index contributed by atoms with van der Waals surface area (Å²) in [4.78, 5) is 2.52. The minimum Gasteiger partial charge on any atom is -0.494 e. The summed E-state index contributed by atoms with van der Waals surface area (Å²) < 4.78 is 11.3. The Labute approximate surface area is 133 Å². The molecule has 1 aliphatic heterocycles. The van der Waals surface area contributed by atoms with Crippen molar-refractivity contribution in [1.29, 1.82) is 0 Å². The first kappa shape index (κ1) is 15.6. The van der Waals surface area contributed by atoms with Crippen molar-refractivity contribution in [3.8, 4) is 11.5 Å². The maximum atomic E-state index is 6.27. The van der Waals surface area contributed by atoms with Crippen LogP contribution in [0.15, 0.2) is 24.3 Å². The highest BCUT2D eigenvalue weighted by Gasteiger charge is 2.38.